The Balaban J connectivity index is 1.27. The zero-order valence-corrected chi connectivity index (χ0v) is 20.2. The van der Waals surface area contributed by atoms with E-state index in [9.17, 15) is 0 Å². The van der Waals surface area contributed by atoms with E-state index in [0.29, 0.717) is 28.4 Å². The monoisotopic (exact) mass is 500 g/mol. The second-order valence-electron chi connectivity index (χ2n) is 7.28. The number of ether oxygens (including phenoxy) is 1. The van der Waals surface area contributed by atoms with E-state index < -0.39 is 0 Å². The summed E-state index contributed by atoms with van der Waals surface area (Å²) >= 11 is 17.6. The van der Waals surface area contributed by atoms with Crippen LogP contribution in [0.15, 0.2) is 67.3 Å². The Morgan fingerprint density at radius 1 is 0.970 bits per heavy atom. The number of aromatic nitrogens is 4. The first-order chi connectivity index (χ1) is 16.0. The molecule has 0 saturated heterocycles. The highest BCUT2D eigenvalue weighted by atomic mass is 35.5. The third-order valence-electron chi connectivity index (χ3n) is 4.82. The van der Waals surface area contributed by atoms with Gasteiger partial charge in [-0.2, -0.15) is 10.2 Å². The van der Waals surface area contributed by atoms with Gasteiger partial charge in [0.05, 0.1) is 36.5 Å². The molecule has 4 rings (SSSR count). The molecule has 2 N–H and O–H groups in total. The van der Waals surface area contributed by atoms with Gasteiger partial charge < -0.3 is 15.4 Å². The van der Waals surface area contributed by atoms with Gasteiger partial charge in [0.25, 0.3) is 0 Å². The summed E-state index contributed by atoms with van der Waals surface area (Å²) < 4.78 is 9.22. The van der Waals surface area contributed by atoms with E-state index >= 15 is 0 Å². The van der Waals surface area contributed by atoms with Crippen LogP contribution in [0.3, 0.4) is 0 Å². The number of benzene rings is 2. The number of nitrogens with zero attached hydrogens (tertiary/aromatic N) is 4. The smallest absolute Gasteiger partial charge is 0.180 e. The highest BCUT2D eigenvalue weighted by Crippen LogP contribution is 2.22. The van der Waals surface area contributed by atoms with E-state index in [1.54, 1.807) is 33.9 Å². The topological polar surface area (TPSA) is 68.9 Å². The summed E-state index contributed by atoms with van der Waals surface area (Å²) in [4.78, 5) is 0. The van der Waals surface area contributed by atoms with E-state index in [4.69, 9.17) is 40.2 Å². The largest absolute Gasteiger partial charge is 0.471 e. The summed E-state index contributed by atoms with van der Waals surface area (Å²) in [5.41, 5.74) is 3.70. The lowest BCUT2D eigenvalue weighted by atomic mass is 10.2. The SMILES string of the molecule is CCc1ccc(OCn2cc(NC(=S)Nc3cnn(Cc4ccc(Cl)cc4Cl)c3)cn2)cc1. The molecule has 0 fully saturated rings. The van der Waals surface area contributed by atoms with Crippen LogP contribution in [0.25, 0.3) is 0 Å². The average Bonchev–Trinajstić information content (AvgIpc) is 3.43. The minimum Gasteiger partial charge on any atom is -0.471 e. The molecule has 2 aromatic heterocycles. The van der Waals surface area contributed by atoms with Crippen LogP contribution in [0.5, 0.6) is 5.75 Å². The summed E-state index contributed by atoms with van der Waals surface area (Å²) in [5, 5.41) is 16.5. The molecular weight excluding hydrogens is 479 g/mol. The molecule has 0 saturated carbocycles. The fourth-order valence-corrected chi connectivity index (χ4v) is 3.80. The molecule has 170 valence electrons. The predicted molar refractivity (Wildman–Crippen MR) is 136 cm³/mol. The van der Waals surface area contributed by atoms with Gasteiger partial charge in [-0.1, -0.05) is 48.3 Å². The average molecular weight is 501 g/mol. The van der Waals surface area contributed by atoms with Crippen LogP contribution in [0, 0.1) is 0 Å². The summed E-state index contributed by atoms with van der Waals surface area (Å²) in [6.45, 7) is 2.94. The zero-order valence-electron chi connectivity index (χ0n) is 17.8. The number of aryl methyl sites for hydroxylation is 1. The van der Waals surface area contributed by atoms with E-state index in [1.807, 2.05) is 30.6 Å². The lowest BCUT2D eigenvalue weighted by molar-refractivity contribution is 0.221. The van der Waals surface area contributed by atoms with E-state index in [-0.39, 0.29) is 0 Å². The van der Waals surface area contributed by atoms with Gasteiger partial charge in [-0.3, -0.25) is 4.68 Å². The fourth-order valence-electron chi connectivity index (χ4n) is 3.09. The Kier molecular flexibility index (Phi) is 7.49. The number of hydrogen-bond donors (Lipinski definition) is 2. The van der Waals surface area contributed by atoms with Gasteiger partial charge in [-0.15, -0.1) is 0 Å². The van der Waals surface area contributed by atoms with E-state index in [1.165, 1.54) is 5.56 Å². The van der Waals surface area contributed by atoms with Crippen molar-refractivity contribution in [2.45, 2.75) is 26.6 Å². The van der Waals surface area contributed by atoms with Gasteiger partial charge in [-0.25, -0.2) is 4.68 Å². The van der Waals surface area contributed by atoms with Gasteiger partial charge in [0, 0.05) is 16.2 Å². The van der Waals surface area contributed by atoms with Gasteiger partial charge in [0.2, 0.25) is 0 Å². The molecule has 2 aromatic carbocycles. The number of nitrogens with one attached hydrogen (secondary N) is 2. The first kappa shape index (κ1) is 23.1. The number of thiocarbonyl (C=S) groups is 1. The molecule has 33 heavy (non-hydrogen) atoms. The van der Waals surface area contributed by atoms with Crippen LogP contribution in [0.1, 0.15) is 18.1 Å². The van der Waals surface area contributed by atoms with Crippen molar-refractivity contribution in [2.24, 2.45) is 0 Å². The minimum atomic E-state index is 0.299. The van der Waals surface area contributed by atoms with Crippen LogP contribution in [0.2, 0.25) is 10.0 Å². The Bertz CT molecular complexity index is 1240. The number of rotatable bonds is 8. The van der Waals surface area contributed by atoms with Crippen molar-refractivity contribution in [2.75, 3.05) is 10.6 Å². The molecule has 4 aromatic rings. The first-order valence-electron chi connectivity index (χ1n) is 10.3. The molecular formula is C23H22Cl2N6OS. The number of hydrogen-bond acceptors (Lipinski definition) is 4. The van der Waals surface area contributed by atoms with Crippen LogP contribution in [-0.4, -0.2) is 24.7 Å². The summed E-state index contributed by atoms with van der Waals surface area (Å²) in [7, 11) is 0. The molecule has 0 aliphatic carbocycles. The molecule has 0 atom stereocenters. The van der Waals surface area contributed by atoms with Gasteiger partial charge in [-0.05, 0) is 54.0 Å². The Hall–Kier alpha value is -3.07. The third-order valence-corrected chi connectivity index (χ3v) is 5.62. The van der Waals surface area contributed by atoms with Crippen molar-refractivity contribution >= 4 is 51.9 Å². The molecule has 0 amide bonds. The third kappa shape index (κ3) is 6.47. The van der Waals surface area contributed by atoms with Crippen LogP contribution < -0.4 is 15.4 Å². The summed E-state index contributed by atoms with van der Waals surface area (Å²) in [5.74, 6) is 0.797. The van der Waals surface area contributed by atoms with Crippen molar-refractivity contribution < 1.29 is 4.74 Å². The Morgan fingerprint density at radius 3 is 2.30 bits per heavy atom. The fraction of sp³-hybridized carbons (Fsp3) is 0.174. The molecule has 2 heterocycles. The maximum absolute atomic E-state index is 6.24. The molecule has 0 unspecified atom stereocenters. The molecule has 7 nitrogen and oxygen atoms in total. The summed E-state index contributed by atoms with van der Waals surface area (Å²) in [6, 6.07) is 13.4. The number of halogens is 2. The van der Waals surface area contributed by atoms with Crippen molar-refractivity contribution in [3.63, 3.8) is 0 Å². The van der Waals surface area contributed by atoms with Crippen LogP contribution in [0.4, 0.5) is 11.4 Å². The van der Waals surface area contributed by atoms with Crippen molar-refractivity contribution in [1.29, 1.82) is 0 Å². The molecule has 0 aliphatic rings. The zero-order chi connectivity index (χ0) is 23.2. The number of anilines is 2. The first-order valence-corrected chi connectivity index (χ1v) is 11.4. The molecule has 10 heteroatoms. The van der Waals surface area contributed by atoms with Crippen LogP contribution >= 0.6 is 35.4 Å². The van der Waals surface area contributed by atoms with Gasteiger partial charge in [0.15, 0.2) is 11.8 Å². The molecule has 0 radical (unpaired) electrons. The highest BCUT2D eigenvalue weighted by molar-refractivity contribution is 7.80. The van der Waals surface area contributed by atoms with Crippen molar-refractivity contribution in [1.82, 2.24) is 19.6 Å². The minimum absolute atomic E-state index is 0.299. The highest BCUT2D eigenvalue weighted by Gasteiger charge is 2.07. The quantitative estimate of drug-likeness (QED) is 0.296. The van der Waals surface area contributed by atoms with E-state index in [2.05, 4.69) is 39.9 Å². The maximum atomic E-state index is 6.24. The van der Waals surface area contributed by atoms with Crippen molar-refractivity contribution in [3.05, 3.63) is 88.4 Å². The van der Waals surface area contributed by atoms with E-state index in [0.717, 1.165) is 29.1 Å². The lowest BCUT2D eigenvalue weighted by Crippen LogP contribution is -2.18. The Morgan fingerprint density at radius 2 is 1.64 bits per heavy atom. The standard InChI is InChI=1S/C23H22Cl2N6OS/c1-2-16-3-7-21(8-4-16)32-15-31-14-20(11-27-31)29-23(33)28-19-10-26-30(13-19)12-17-5-6-18(24)9-22(17)25/h3-11,13-14H,2,12,15H2,1H3,(H2,28,29,33). The normalized spacial score (nSPS) is 10.8. The van der Waals surface area contributed by atoms with Gasteiger partial charge in [0.1, 0.15) is 5.75 Å². The molecule has 0 bridgehead atoms. The lowest BCUT2D eigenvalue weighted by Gasteiger charge is -2.08. The second-order valence-corrected chi connectivity index (χ2v) is 8.53. The van der Waals surface area contributed by atoms with Crippen LogP contribution in [-0.2, 0) is 19.7 Å². The Labute approximate surface area is 207 Å². The maximum Gasteiger partial charge on any atom is 0.180 e. The molecule has 0 spiro atoms. The predicted octanol–water partition coefficient (Wildman–Crippen LogP) is 5.84. The van der Waals surface area contributed by atoms with Gasteiger partial charge >= 0.3 is 0 Å². The second kappa shape index (κ2) is 10.7. The van der Waals surface area contributed by atoms with Crippen molar-refractivity contribution in [3.8, 4) is 5.75 Å². The molecule has 0 aliphatic heterocycles. The summed E-state index contributed by atoms with van der Waals surface area (Å²) in [6.07, 6.45) is 8.04.